The van der Waals surface area contributed by atoms with E-state index >= 15 is 0 Å². The van der Waals surface area contributed by atoms with Gasteiger partial charge in [0.05, 0.1) is 12.7 Å². The standard InChI is InChI=1S/C12H16N2O/c1-9-3-5-10(6-4-9)7-11-12(15)14(2)8-13-11/h3-6,11,13H,7-8H2,1-2H3/t11-/m0/s1. The van der Waals surface area contributed by atoms with Crippen molar-refractivity contribution in [1.82, 2.24) is 10.2 Å². The van der Waals surface area contributed by atoms with Crippen molar-refractivity contribution in [2.24, 2.45) is 0 Å². The van der Waals surface area contributed by atoms with Gasteiger partial charge in [0.15, 0.2) is 0 Å². The first kappa shape index (κ1) is 10.2. The molecule has 0 aromatic heterocycles. The van der Waals surface area contributed by atoms with Crippen molar-refractivity contribution >= 4 is 5.91 Å². The number of carbonyl (C=O) groups excluding carboxylic acids is 1. The van der Waals surface area contributed by atoms with Gasteiger partial charge in [-0.15, -0.1) is 0 Å². The number of nitrogens with zero attached hydrogens (tertiary/aromatic N) is 1. The monoisotopic (exact) mass is 204 g/mol. The molecule has 1 fully saturated rings. The highest BCUT2D eigenvalue weighted by atomic mass is 16.2. The summed E-state index contributed by atoms with van der Waals surface area (Å²) in [6.07, 6.45) is 0.781. The second-order valence-corrected chi connectivity index (χ2v) is 4.14. The van der Waals surface area contributed by atoms with Gasteiger partial charge in [0.1, 0.15) is 0 Å². The van der Waals surface area contributed by atoms with Crippen LogP contribution in [0.3, 0.4) is 0 Å². The van der Waals surface area contributed by atoms with Crippen LogP contribution in [0.1, 0.15) is 11.1 Å². The summed E-state index contributed by atoms with van der Waals surface area (Å²) in [5.74, 6) is 0.190. The Bertz CT molecular complexity index is 358. The molecule has 2 rings (SSSR count). The average molecular weight is 204 g/mol. The Labute approximate surface area is 90.1 Å². The van der Waals surface area contributed by atoms with Crippen LogP contribution in [0, 0.1) is 6.92 Å². The quantitative estimate of drug-likeness (QED) is 0.777. The lowest BCUT2D eigenvalue weighted by Crippen LogP contribution is -2.30. The van der Waals surface area contributed by atoms with E-state index in [1.165, 1.54) is 11.1 Å². The molecule has 80 valence electrons. The molecule has 0 unspecified atom stereocenters. The normalized spacial score (nSPS) is 21.1. The molecular formula is C12H16N2O. The van der Waals surface area contributed by atoms with Crippen LogP contribution in [0.5, 0.6) is 0 Å². The molecule has 1 amide bonds. The van der Waals surface area contributed by atoms with Crippen LogP contribution < -0.4 is 5.32 Å². The number of benzene rings is 1. The molecule has 1 aromatic carbocycles. The molecule has 15 heavy (non-hydrogen) atoms. The van der Waals surface area contributed by atoms with Crippen LogP contribution in [-0.4, -0.2) is 30.6 Å². The maximum absolute atomic E-state index is 11.6. The zero-order chi connectivity index (χ0) is 10.8. The molecule has 1 saturated heterocycles. The molecule has 1 N–H and O–H groups in total. The van der Waals surface area contributed by atoms with Crippen molar-refractivity contribution in [2.45, 2.75) is 19.4 Å². The predicted octanol–water partition coefficient (Wildman–Crippen LogP) is 0.925. The van der Waals surface area contributed by atoms with Crippen molar-refractivity contribution in [3.8, 4) is 0 Å². The summed E-state index contributed by atoms with van der Waals surface area (Å²) >= 11 is 0. The molecule has 1 aromatic rings. The highest BCUT2D eigenvalue weighted by molar-refractivity contribution is 5.83. The second-order valence-electron chi connectivity index (χ2n) is 4.14. The van der Waals surface area contributed by atoms with Crippen LogP contribution in [0.25, 0.3) is 0 Å². The second kappa shape index (κ2) is 4.03. The molecular weight excluding hydrogens is 188 g/mol. The third-order valence-corrected chi connectivity index (χ3v) is 2.81. The maximum Gasteiger partial charge on any atom is 0.240 e. The molecule has 1 atom stereocenters. The third kappa shape index (κ3) is 2.18. The van der Waals surface area contributed by atoms with E-state index in [0.717, 1.165) is 6.42 Å². The van der Waals surface area contributed by atoms with Gasteiger partial charge in [-0.3, -0.25) is 10.1 Å². The number of amides is 1. The number of nitrogens with one attached hydrogen (secondary N) is 1. The van der Waals surface area contributed by atoms with E-state index in [-0.39, 0.29) is 11.9 Å². The Kier molecular flexibility index (Phi) is 2.73. The van der Waals surface area contributed by atoms with Gasteiger partial charge in [-0.1, -0.05) is 29.8 Å². The van der Waals surface area contributed by atoms with Gasteiger partial charge in [0.2, 0.25) is 5.91 Å². The maximum atomic E-state index is 11.6. The molecule has 1 aliphatic heterocycles. The summed E-state index contributed by atoms with van der Waals surface area (Å²) in [5.41, 5.74) is 2.46. The molecule has 1 aliphatic rings. The summed E-state index contributed by atoms with van der Waals surface area (Å²) in [5, 5.41) is 3.20. The zero-order valence-electron chi connectivity index (χ0n) is 9.16. The Hall–Kier alpha value is -1.35. The molecule has 0 spiro atoms. The Morgan fingerprint density at radius 3 is 2.60 bits per heavy atom. The number of hydrogen-bond acceptors (Lipinski definition) is 2. The van der Waals surface area contributed by atoms with Crippen LogP contribution in [-0.2, 0) is 11.2 Å². The van der Waals surface area contributed by atoms with E-state index in [0.29, 0.717) is 6.67 Å². The lowest BCUT2D eigenvalue weighted by Gasteiger charge is -2.09. The summed E-state index contributed by atoms with van der Waals surface area (Å²) in [7, 11) is 1.82. The first-order valence-corrected chi connectivity index (χ1v) is 5.21. The molecule has 0 bridgehead atoms. The molecule has 3 nitrogen and oxygen atoms in total. The Morgan fingerprint density at radius 2 is 2.07 bits per heavy atom. The smallest absolute Gasteiger partial charge is 0.240 e. The summed E-state index contributed by atoms with van der Waals surface area (Å²) < 4.78 is 0. The minimum atomic E-state index is -0.0438. The van der Waals surface area contributed by atoms with Gasteiger partial charge in [-0.05, 0) is 18.9 Å². The summed E-state index contributed by atoms with van der Waals surface area (Å²) in [4.78, 5) is 13.4. The fourth-order valence-electron chi connectivity index (χ4n) is 1.80. The van der Waals surface area contributed by atoms with Crippen LogP contribution >= 0.6 is 0 Å². The third-order valence-electron chi connectivity index (χ3n) is 2.81. The van der Waals surface area contributed by atoms with Gasteiger partial charge in [0.25, 0.3) is 0 Å². The number of rotatable bonds is 2. The number of carbonyl (C=O) groups is 1. The minimum Gasteiger partial charge on any atom is -0.332 e. The van der Waals surface area contributed by atoms with Crippen molar-refractivity contribution in [1.29, 1.82) is 0 Å². The van der Waals surface area contributed by atoms with Crippen LogP contribution in [0.4, 0.5) is 0 Å². The van der Waals surface area contributed by atoms with Gasteiger partial charge in [-0.25, -0.2) is 0 Å². The van der Waals surface area contributed by atoms with E-state index < -0.39 is 0 Å². The fraction of sp³-hybridized carbons (Fsp3) is 0.417. The lowest BCUT2D eigenvalue weighted by atomic mass is 10.0. The molecule has 3 heteroatoms. The van der Waals surface area contributed by atoms with E-state index in [1.54, 1.807) is 4.90 Å². The first-order chi connectivity index (χ1) is 7.16. The van der Waals surface area contributed by atoms with E-state index in [2.05, 4.69) is 36.5 Å². The fourth-order valence-corrected chi connectivity index (χ4v) is 1.80. The van der Waals surface area contributed by atoms with Crippen LogP contribution in [0.2, 0.25) is 0 Å². The number of aryl methyl sites for hydroxylation is 1. The van der Waals surface area contributed by atoms with Gasteiger partial charge in [0, 0.05) is 7.05 Å². The first-order valence-electron chi connectivity index (χ1n) is 5.21. The van der Waals surface area contributed by atoms with Crippen LogP contribution in [0.15, 0.2) is 24.3 Å². The zero-order valence-corrected chi connectivity index (χ0v) is 9.16. The molecule has 0 saturated carbocycles. The Morgan fingerprint density at radius 1 is 1.40 bits per heavy atom. The number of likely N-dealkylation sites (N-methyl/N-ethyl adjacent to an activating group) is 1. The lowest BCUT2D eigenvalue weighted by molar-refractivity contribution is -0.127. The van der Waals surface area contributed by atoms with Crippen molar-refractivity contribution < 1.29 is 4.79 Å². The largest absolute Gasteiger partial charge is 0.332 e. The molecule has 0 aliphatic carbocycles. The van der Waals surface area contributed by atoms with E-state index in [4.69, 9.17) is 0 Å². The summed E-state index contributed by atoms with van der Waals surface area (Å²) in [6, 6.07) is 8.29. The van der Waals surface area contributed by atoms with Crippen molar-refractivity contribution in [3.05, 3.63) is 35.4 Å². The highest BCUT2D eigenvalue weighted by Crippen LogP contribution is 2.10. The minimum absolute atomic E-state index is 0.0438. The van der Waals surface area contributed by atoms with Crippen molar-refractivity contribution in [2.75, 3.05) is 13.7 Å². The van der Waals surface area contributed by atoms with E-state index in [9.17, 15) is 4.79 Å². The predicted molar refractivity (Wildman–Crippen MR) is 59.4 cm³/mol. The van der Waals surface area contributed by atoms with Gasteiger partial charge in [-0.2, -0.15) is 0 Å². The summed E-state index contributed by atoms with van der Waals surface area (Å²) in [6.45, 7) is 2.73. The van der Waals surface area contributed by atoms with Gasteiger partial charge >= 0.3 is 0 Å². The SMILES string of the molecule is Cc1ccc(C[C@@H]2NCN(C)C2=O)cc1. The van der Waals surface area contributed by atoms with Crippen molar-refractivity contribution in [3.63, 3.8) is 0 Å². The number of hydrogen-bond donors (Lipinski definition) is 1. The van der Waals surface area contributed by atoms with E-state index in [1.807, 2.05) is 7.05 Å². The Balaban J connectivity index is 2.03. The highest BCUT2D eigenvalue weighted by Gasteiger charge is 2.27. The topological polar surface area (TPSA) is 32.3 Å². The van der Waals surface area contributed by atoms with Gasteiger partial charge < -0.3 is 4.90 Å². The average Bonchev–Trinajstić information content (AvgIpc) is 2.53. The molecule has 1 heterocycles. The molecule has 0 radical (unpaired) electrons.